The van der Waals surface area contributed by atoms with Crippen LogP contribution < -0.4 is 5.32 Å². The molecule has 0 spiro atoms. The summed E-state index contributed by atoms with van der Waals surface area (Å²) in [6, 6.07) is 0.552. The minimum atomic E-state index is 0.141. The Hall–Kier alpha value is -0.0800. The molecule has 0 aliphatic heterocycles. The minimum Gasteiger partial charge on any atom is -0.377 e. The van der Waals surface area contributed by atoms with Crippen molar-refractivity contribution < 1.29 is 4.74 Å². The summed E-state index contributed by atoms with van der Waals surface area (Å²) in [6.07, 6.45) is 10.4. The molecule has 1 aliphatic carbocycles. The molecule has 1 atom stereocenters. The number of methoxy groups -OCH3 is 1. The van der Waals surface area contributed by atoms with Gasteiger partial charge in [0, 0.05) is 13.2 Å². The molecule has 1 unspecified atom stereocenters. The summed E-state index contributed by atoms with van der Waals surface area (Å²) < 4.78 is 5.82. The Bertz CT molecular complexity index is 164. The van der Waals surface area contributed by atoms with Crippen molar-refractivity contribution in [1.82, 2.24) is 5.32 Å². The van der Waals surface area contributed by atoms with Crippen molar-refractivity contribution >= 4 is 0 Å². The molecule has 15 heavy (non-hydrogen) atoms. The molecule has 0 heterocycles. The van der Waals surface area contributed by atoms with Gasteiger partial charge in [-0.25, -0.2) is 0 Å². The average Bonchev–Trinajstić information content (AvgIpc) is 2.74. The Kier molecular flexibility index (Phi) is 5.62. The van der Waals surface area contributed by atoms with Crippen molar-refractivity contribution in [1.29, 1.82) is 0 Å². The summed E-state index contributed by atoms with van der Waals surface area (Å²) >= 11 is 0. The van der Waals surface area contributed by atoms with Crippen LogP contribution in [0.2, 0.25) is 0 Å². The van der Waals surface area contributed by atoms with Gasteiger partial charge in [-0.15, -0.1) is 0 Å². The lowest BCUT2D eigenvalue weighted by molar-refractivity contribution is -0.0364. The number of ether oxygens (including phenoxy) is 1. The largest absolute Gasteiger partial charge is 0.377 e. The fraction of sp³-hybridized carbons (Fsp3) is 1.00. The number of unbranched alkanes of at least 4 members (excludes halogenated alkanes) is 2. The van der Waals surface area contributed by atoms with Crippen LogP contribution >= 0.6 is 0 Å². The maximum Gasteiger partial charge on any atom is 0.0830 e. The summed E-state index contributed by atoms with van der Waals surface area (Å²) in [7, 11) is 3.96. The maximum atomic E-state index is 5.82. The van der Waals surface area contributed by atoms with Crippen LogP contribution in [0.15, 0.2) is 0 Å². The standard InChI is InChI=1S/C13H27NO/c1-4-5-6-9-12(14-2)13(15-3)10-7-8-11-13/h12,14H,4-11H2,1-3H3. The highest BCUT2D eigenvalue weighted by molar-refractivity contribution is 4.96. The summed E-state index contributed by atoms with van der Waals surface area (Å²) in [5.74, 6) is 0. The smallest absolute Gasteiger partial charge is 0.0830 e. The molecule has 0 bridgehead atoms. The maximum absolute atomic E-state index is 5.82. The van der Waals surface area contributed by atoms with Gasteiger partial charge in [-0.2, -0.15) is 0 Å². The van der Waals surface area contributed by atoms with Crippen LogP contribution in [0.25, 0.3) is 0 Å². The predicted molar refractivity (Wildman–Crippen MR) is 65.2 cm³/mol. The molecule has 1 N–H and O–H groups in total. The van der Waals surface area contributed by atoms with E-state index in [1.807, 2.05) is 7.11 Å². The number of hydrogen-bond donors (Lipinski definition) is 1. The summed E-state index contributed by atoms with van der Waals surface area (Å²) in [4.78, 5) is 0. The van der Waals surface area contributed by atoms with Gasteiger partial charge in [0.25, 0.3) is 0 Å². The molecule has 1 rings (SSSR count). The Labute approximate surface area is 94.8 Å². The molecule has 0 aromatic carbocycles. The van der Waals surface area contributed by atoms with Crippen molar-refractivity contribution in [3.63, 3.8) is 0 Å². The zero-order valence-corrected chi connectivity index (χ0v) is 10.6. The molecule has 1 aliphatic rings. The van der Waals surface area contributed by atoms with E-state index in [2.05, 4.69) is 19.3 Å². The number of nitrogens with one attached hydrogen (secondary N) is 1. The number of rotatable bonds is 7. The molecule has 0 radical (unpaired) electrons. The van der Waals surface area contributed by atoms with Crippen molar-refractivity contribution in [2.75, 3.05) is 14.2 Å². The summed E-state index contributed by atoms with van der Waals surface area (Å²) in [5.41, 5.74) is 0.141. The average molecular weight is 213 g/mol. The third-order valence-electron chi connectivity index (χ3n) is 3.94. The first-order valence-electron chi connectivity index (χ1n) is 6.51. The van der Waals surface area contributed by atoms with Crippen molar-refractivity contribution in [3.8, 4) is 0 Å². The fourth-order valence-electron chi connectivity index (χ4n) is 2.94. The Morgan fingerprint density at radius 3 is 2.40 bits per heavy atom. The SMILES string of the molecule is CCCCCC(NC)C1(OC)CCCC1. The van der Waals surface area contributed by atoms with E-state index in [0.29, 0.717) is 6.04 Å². The number of likely N-dealkylation sites (N-methyl/N-ethyl adjacent to an activating group) is 1. The molecule has 1 saturated carbocycles. The molecular weight excluding hydrogens is 186 g/mol. The lowest BCUT2D eigenvalue weighted by atomic mass is 9.88. The Morgan fingerprint density at radius 1 is 1.27 bits per heavy atom. The summed E-state index contributed by atoms with van der Waals surface area (Å²) in [6.45, 7) is 2.26. The van der Waals surface area contributed by atoms with Gasteiger partial charge in [-0.05, 0) is 26.3 Å². The Morgan fingerprint density at radius 2 is 1.93 bits per heavy atom. The lowest BCUT2D eigenvalue weighted by Gasteiger charge is -2.36. The van der Waals surface area contributed by atoms with Gasteiger partial charge in [0.15, 0.2) is 0 Å². The molecule has 2 heteroatoms. The molecule has 1 fully saturated rings. The molecular formula is C13H27NO. The van der Waals surface area contributed by atoms with Crippen LogP contribution in [-0.4, -0.2) is 25.8 Å². The molecule has 0 saturated heterocycles. The second-order valence-corrected chi connectivity index (χ2v) is 4.81. The Balaban J connectivity index is 2.46. The lowest BCUT2D eigenvalue weighted by Crippen LogP contribution is -2.49. The predicted octanol–water partition coefficient (Wildman–Crippen LogP) is 3.11. The third-order valence-corrected chi connectivity index (χ3v) is 3.94. The van der Waals surface area contributed by atoms with E-state index in [9.17, 15) is 0 Å². The van der Waals surface area contributed by atoms with Gasteiger partial charge in [0.2, 0.25) is 0 Å². The second kappa shape index (κ2) is 6.49. The third kappa shape index (κ3) is 3.18. The van der Waals surface area contributed by atoms with E-state index < -0.39 is 0 Å². The summed E-state index contributed by atoms with van der Waals surface area (Å²) in [5, 5.41) is 3.47. The molecule has 0 aromatic rings. The minimum absolute atomic E-state index is 0.141. The van der Waals surface area contributed by atoms with Gasteiger partial charge < -0.3 is 10.1 Å². The molecule has 0 amide bonds. The van der Waals surface area contributed by atoms with Crippen molar-refractivity contribution in [3.05, 3.63) is 0 Å². The quantitative estimate of drug-likeness (QED) is 0.656. The van der Waals surface area contributed by atoms with E-state index in [1.54, 1.807) is 0 Å². The van der Waals surface area contributed by atoms with Gasteiger partial charge >= 0.3 is 0 Å². The zero-order valence-electron chi connectivity index (χ0n) is 10.6. The highest BCUT2D eigenvalue weighted by atomic mass is 16.5. The van der Waals surface area contributed by atoms with E-state index in [0.717, 1.165) is 0 Å². The van der Waals surface area contributed by atoms with Crippen molar-refractivity contribution in [2.24, 2.45) is 0 Å². The van der Waals surface area contributed by atoms with Crippen LogP contribution in [0.1, 0.15) is 58.3 Å². The van der Waals surface area contributed by atoms with Gasteiger partial charge in [-0.3, -0.25) is 0 Å². The highest BCUT2D eigenvalue weighted by Gasteiger charge is 2.40. The molecule has 90 valence electrons. The van der Waals surface area contributed by atoms with Crippen LogP contribution in [0.3, 0.4) is 0 Å². The zero-order chi connectivity index (χ0) is 11.1. The molecule has 2 nitrogen and oxygen atoms in total. The van der Waals surface area contributed by atoms with E-state index in [4.69, 9.17) is 4.74 Å². The van der Waals surface area contributed by atoms with Crippen molar-refractivity contribution in [2.45, 2.75) is 69.9 Å². The normalized spacial score (nSPS) is 21.8. The fourth-order valence-corrected chi connectivity index (χ4v) is 2.94. The van der Waals surface area contributed by atoms with E-state index in [1.165, 1.54) is 51.4 Å². The van der Waals surface area contributed by atoms with E-state index >= 15 is 0 Å². The monoisotopic (exact) mass is 213 g/mol. The van der Waals surface area contributed by atoms with Crippen LogP contribution in [0.5, 0.6) is 0 Å². The van der Waals surface area contributed by atoms with Crippen LogP contribution in [-0.2, 0) is 4.74 Å². The van der Waals surface area contributed by atoms with E-state index in [-0.39, 0.29) is 5.60 Å². The number of hydrogen-bond acceptors (Lipinski definition) is 2. The van der Waals surface area contributed by atoms with Gasteiger partial charge in [0.05, 0.1) is 5.60 Å². The molecule has 0 aromatic heterocycles. The van der Waals surface area contributed by atoms with Crippen LogP contribution in [0, 0.1) is 0 Å². The topological polar surface area (TPSA) is 21.3 Å². The second-order valence-electron chi connectivity index (χ2n) is 4.81. The van der Waals surface area contributed by atoms with Crippen LogP contribution in [0.4, 0.5) is 0 Å². The van der Waals surface area contributed by atoms with Gasteiger partial charge in [-0.1, -0.05) is 39.0 Å². The first kappa shape index (κ1) is 13.0. The highest BCUT2D eigenvalue weighted by Crippen LogP contribution is 2.37. The first-order chi connectivity index (χ1) is 7.29. The first-order valence-corrected chi connectivity index (χ1v) is 6.51. The van der Waals surface area contributed by atoms with Gasteiger partial charge in [0.1, 0.15) is 0 Å².